The lowest BCUT2D eigenvalue weighted by Gasteiger charge is -2.00. The van der Waals surface area contributed by atoms with Gasteiger partial charge in [0.25, 0.3) is 0 Å². The number of hydrogen-bond acceptors (Lipinski definition) is 2. The van der Waals surface area contributed by atoms with Crippen LogP contribution in [-0.4, -0.2) is 25.7 Å². The van der Waals surface area contributed by atoms with Gasteiger partial charge in [-0.1, -0.05) is 0 Å². The molecule has 1 heterocycles. The Kier molecular flexibility index (Phi) is 1.20. The number of rotatable bonds is 1. The van der Waals surface area contributed by atoms with Crippen LogP contribution in [0.5, 0.6) is 0 Å². The number of carbonyl (C=O) groups is 1. The molecule has 2 rings (SSSR count). The largest absolute Gasteiger partial charge is 0.377 e. The highest BCUT2D eigenvalue weighted by molar-refractivity contribution is 5.82. The molecule has 1 amide bonds. The van der Waals surface area contributed by atoms with Gasteiger partial charge in [-0.05, 0) is 6.42 Å². The second kappa shape index (κ2) is 1.95. The molecule has 0 radical (unpaired) electrons. The molecule has 0 aromatic carbocycles. The molecule has 0 aromatic heterocycles. The highest BCUT2D eigenvalue weighted by Gasteiger charge is 2.58. The lowest BCUT2D eigenvalue weighted by Crippen LogP contribution is -2.23. The van der Waals surface area contributed by atoms with E-state index >= 15 is 0 Å². The van der Waals surface area contributed by atoms with E-state index in [0.717, 1.165) is 13.0 Å². The highest BCUT2D eigenvalue weighted by Crippen LogP contribution is 2.48. The van der Waals surface area contributed by atoms with Gasteiger partial charge in [0.15, 0.2) is 0 Å². The van der Waals surface area contributed by atoms with E-state index in [1.165, 1.54) is 0 Å². The molecule has 0 aromatic rings. The van der Waals surface area contributed by atoms with Crippen molar-refractivity contribution >= 4 is 5.91 Å². The van der Waals surface area contributed by atoms with Crippen molar-refractivity contribution in [1.82, 2.24) is 5.32 Å². The first-order chi connectivity index (χ1) is 4.84. The second-order valence-corrected chi connectivity index (χ2v) is 2.93. The van der Waals surface area contributed by atoms with E-state index in [-0.39, 0.29) is 17.9 Å². The van der Waals surface area contributed by atoms with Gasteiger partial charge in [0, 0.05) is 19.6 Å². The third-order valence-corrected chi connectivity index (χ3v) is 2.41. The monoisotopic (exact) mass is 141 g/mol. The van der Waals surface area contributed by atoms with E-state index in [0.29, 0.717) is 5.92 Å². The molecule has 3 atom stereocenters. The molecular formula is C7H11NO2. The zero-order valence-electron chi connectivity index (χ0n) is 5.96. The molecule has 2 fully saturated rings. The Bertz CT molecular complexity index is 159. The molecule has 1 saturated carbocycles. The number of carbonyl (C=O) groups excluding carboxylic acids is 1. The molecular weight excluding hydrogens is 130 g/mol. The van der Waals surface area contributed by atoms with Crippen molar-refractivity contribution in [3.63, 3.8) is 0 Å². The molecule has 56 valence electrons. The lowest BCUT2D eigenvalue weighted by molar-refractivity contribution is -0.123. The van der Waals surface area contributed by atoms with Crippen LogP contribution in [0.15, 0.2) is 0 Å². The van der Waals surface area contributed by atoms with Crippen LogP contribution >= 0.6 is 0 Å². The summed E-state index contributed by atoms with van der Waals surface area (Å²) in [5.41, 5.74) is 0. The van der Waals surface area contributed by atoms with Crippen LogP contribution in [0.2, 0.25) is 0 Å². The highest BCUT2D eigenvalue weighted by atomic mass is 16.5. The fourth-order valence-corrected chi connectivity index (χ4v) is 1.76. The van der Waals surface area contributed by atoms with E-state index in [1.807, 2.05) is 0 Å². The van der Waals surface area contributed by atoms with Crippen molar-refractivity contribution in [3.05, 3.63) is 0 Å². The lowest BCUT2D eigenvalue weighted by atomic mass is 10.2. The Hall–Kier alpha value is -0.570. The zero-order valence-corrected chi connectivity index (χ0v) is 5.96. The summed E-state index contributed by atoms with van der Waals surface area (Å²) in [4.78, 5) is 11.0. The standard InChI is InChI=1S/C7H11NO2/c1-8-7(9)5-4-2-3-10-6(4)5/h4-6H,2-3H2,1H3,(H,8,9). The average molecular weight is 141 g/mol. The summed E-state index contributed by atoms with van der Waals surface area (Å²) in [6.07, 6.45) is 1.34. The zero-order chi connectivity index (χ0) is 7.14. The molecule has 10 heavy (non-hydrogen) atoms. The molecule has 0 bridgehead atoms. The summed E-state index contributed by atoms with van der Waals surface area (Å²) in [7, 11) is 1.68. The van der Waals surface area contributed by atoms with Crippen LogP contribution < -0.4 is 5.32 Å². The summed E-state index contributed by atoms with van der Waals surface area (Å²) in [6.45, 7) is 0.850. The SMILES string of the molecule is CNC(=O)C1C2CCOC21. The smallest absolute Gasteiger partial charge is 0.225 e. The molecule has 1 aliphatic heterocycles. The number of ether oxygens (including phenoxy) is 1. The minimum Gasteiger partial charge on any atom is -0.377 e. The Morgan fingerprint density at radius 3 is 3.00 bits per heavy atom. The topological polar surface area (TPSA) is 38.3 Å². The van der Waals surface area contributed by atoms with E-state index in [9.17, 15) is 4.79 Å². The quantitative estimate of drug-likeness (QED) is 0.547. The van der Waals surface area contributed by atoms with Crippen molar-refractivity contribution in [3.8, 4) is 0 Å². The van der Waals surface area contributed by atoms with Gasteiger partial charge in [0.2, 0.25) is 5.91 Å². The van der Waals surface area contributed by atoms with Crippen molar-refractivity contribution in [1.29, 1.82) is 0 Å². The third-order valence-electron chi connectivity index (χ3n) is 2.41. The Morgan fingerprint density at radius 2 is 2.50 bits per heavy atom. The Balaban J connectivity index is 1.94. The summed E-state index contributed by atoms with van der Waals surface area (Å²) in [6, 6.07) is 0. The predicted octanol–water partition coefficient (Wildman–Crippen LogP) is -0.233. The first-order valence-corrected chi connectivity index (χ1v) is 3.68. The number of amides is 1. The van der Waals surface area contributed by atoms with Crippen LogP contribution in [-0.2, 0) is 9.53 Å². The first kappa shape index (κ1) is 6.16. The second-order valence-electron chi connectivity index (χ2n) is 2.93. The molecule has 3 unspecified atom stereocenters. The molecule has 1 N–H and O–H groups in total. The molecule has 0 spiro atoms. The molecule has 3 heteroatoms. The van der Waals surface area contributed by atoms with Crippen LogP contribution in [0, 0.1) is 11.8 Å². The fourth-order valence-electron chi connectivity index (χ4n) is 1.76. The molecule has 3 nitrogen and oxygen atoms in total. The van der Waals surface area contributed by atoms with Gasteiger partial charge >= 0.3 is 0 Å². The fraction of sp³-hybridized carbons (Fsp3) is 0.857. The first-order valence-electron chi connectivity index (χ1n) is 3.68. The van der Waals surface area contributed by atoms with E-state index in [1.54, 1.807) is 7.05 Å². The number of hydrogen-bond donors (Lipinski definition) is 1. The van der Waals surface area contributed by atoms with E-state index < -0.39 is 0 Å². The van der Waals surface area contributed by atoms with Gasteiger partial charge in [-0.15, -0.1) is 0 Å². The van der Waals surface area contributed by atoms with Crippen molar-refractivity contribution in [2.24, 2.45) is 11.8 Å². The minimum atomic E-state index is 0.148. The molecule has 1 aliphatic carbocycles. The summed E-state index contributed by atoms with van der Waals surface area (Å²) >= 11 is 0. The summed E-state index contributed by atoms with van der Waals surface area (Å²) in [5, 5.41) is 2.64. The van der Waals surface area contributed by atoms with Gasteiger partial charge in [-0.25, -0.2) is 0 Å². The average Bonchev–Trinajstić information content (AvgIpc) is 2.43. The van der Waals surface area contributed by atoms with Gasteiger partial charge in [0.1, 0.15) is 0 Å². The van der Waals surface area contributed by atoms with E-state index in [2.05, 4.69) is 5.32 Å². The number of fused-ring (bicyclic) bond motifs is 1. The summed E-state index contributed by atoms with van der Waals surface area (Å²) < 4.78 is 5.30. The molecule has 2 aliphatic rings. The van der Waals surface area contributed by atoms with Gasteiger partial charge in [0.05, 0.1) is 12.0 Å². The van der Waals surface area contributed by atoms with Gasteiger partial charge in [-0.2, -0.15) is 0 Å². The van der Waals surface area contributed by atoms with Crippen LogP contribution in [0.3, 0.4) is 0 Å². The number of nitrogens with one attached hydrogen (secondary N) is 1. The van der Waals surface area contributed by atoms with Crippen molar-refractivity contribution in [2.75, 3.05) is 13.7 Å². The molecule has 1 saturated heterocycles. The maximum absolute atomic E-state index is 11.0. The van der Waals surface area contributed by atoms with Gasteiger partial charge < -0.3 is 10.1 Å². The van der Waals surface area contributed by atoms with Crippen LogP contribution in [0.4, 0.5) is 0 Å². The maximum Gasteiger partial charge on any atom is 0.225 e. The predicted molar refractivity (Wildman–Crippen MR) is 35.4 cm³/mol. The van der Waals surface area contributed by atoms with Crippen molar-refractivity contribution in [2.45, 2.75) is 12.5 Å². The van der Waals surface area contributed by atoms with Crippen molar-refractivity contribution < 1.29 is 9.53 Å². The summed E-state index contributed by atoms with van der Waals surface area (Å²) in [5.74, 6) is 0.869. The Labute approximate surface area is 59.7 Å². The maximum atomic E-state index is 11.0. The van der Waals surface area contributed by atoms with Crippen LogP contribution in [0.1, 0.15) is 6.42 Å². The van der Waals surface area contributed by atoms with Gasteiger partial charge in [-0.3, -0.25) is 4.79 Å². The Morgan fingerprint density at radius 1 is 1.70 bits per heavy atom. The normalized spacial score (nSPS) is 42.7. The minimum absolute atomic E-state index is 0.148. The third kappa shape index (κ3) is 0.669. The van der Waals surface area contributed by atoms with E-state index in [4.69, 9.17) is 4.74 Å². The van der Waals surface area contributed by atoms with Crippen LogP contribution in [0.25, 0.3) is 0 Å².